The molecule has 1 aliphatic carbocycles. The summed E-state index contributed by atoms with van der Waals surface area (Å²) in [7, 11) is -2.56. The molecule has 382 valence electrons. The Morgan fingerprint density at radius 2 is 1.75 bits per heavy atom. The number of rotatable bonds is 12. The van der Waals surface area contributed by atoms with Crippen molar-refractivity contribution < 1.29 is 36.3 Å². The summed E-state index contributed by atoms with van der Waals surface area (Å²) in [6.07, 6.45) is 2.68. The number of aryl methyl sites for hydroxylation is 1. The fraction of sp³-hybridized carbons (Fsp3) is 0.442. The summed E-state index contributed by atoms with van der Waals surface area (Å²) in [6, 6.07) is 12.8. The molecule has 6 heterocycles. The van der Waals surface area contributed by atoms with Gasteiger partial charge in [-0.15, -0.1) is 0 Å². The minimum absolute atomic E-state index is 0.0137. The summed E-state index contributed by atoms with van der Waals surface area (Å²) in [5, 5.41) is 15.9. The maximum atomic E-state index is 14.2. The van der Waals surface area contributed by atoms with Crippen LogP contribution in [0.2, 0.25) is 0 Å². The van der Waals surface area contributed by atoms with Gasteiger partial charge in [0, 0.05) is 106 Å². The van der Waals surface area contributed by atoms with Crippen LogP contribution in [0.15, 0.2) is 83.3 Å². The maximum absolute atomic E-state index is 14.2. The largest absolute Gasteiger partial charge is 0.417 e. The highest BCUT2D eigenvalue weighted by Gasteiger charge is 2.41. The molecule has 1 unspecified atom stereocenters. The van der Waals surface area contributed by atoms with Crippen LogP contribution < -0.4 is 30.9 Å². The van der Waals surface area contributed by atoms with E-state index in [1.807, 2.05) is 17.0 Å². The maximum Gasteiger partial charge on any atom is 0.417 e. The molecule has 2 aromatic carbocycles. The Morgan fingerprint density at radius 3 is 2.43 bits per heavy atom. The van der Waals surface area contributed by atoms with Crippen LogP contribution in [-0.4, -0.2) is 106 Å². The molecule has 72 heavy (non-hydrogen) atoms. The first-order valence-electron chi connectivity index (χ1n) is 24.3. The van der Waals surface area contributed by atoms with E-state index in [1.165, 1.54) is 41.8 Å². The van der Waals surface area contributed by atoms with E-state index in [0.717, 1.165) is 30.7 Å². The number of anilines is 6. The Labute approximate surface area is 417 Å². The van der Waals surface area contributed by atoms with Gasteiger partial charge in [-0.2, -0.15) is 13.2 Å². The number of aliphatic hydroxyl groups excluding tert-OH is 1. The number of piperazine rings is 1. The minimum atomic E-state index is -4.83. The number of nitrogens with zero attached hydrogens (tertiary/aromatic N) is 8. The van der Waals surface area contributed by atoms with E-state index in [2.05, 4.69) is 57.3 Å². The third kappa shape index (κ3) is 9.51. The molecule has 0 bridgehead atoms. The van der Waals surface area contributed by atoms with Crippen molar-refractivity contribution >= 4 is 56.0 Å². The van der Waals surface area contributed by atoms with E-state index in [9.17, 15) is 41.1 Å². The van der Waals surface area contributed by atoms with E-state index < -0.39 is 49.8 Å². The lowest BCUT2D eigenvalue weighted by Gasteiger charge is -2.47. The lowest BCUT2D eigenvalue weighted by Crippen LogP contribution is -2.57. The van der Waals surface area contributed by atoms with Crippen LogP contribution in [0.1, 0.15) is 80.3 Å². The van der Waals surface area contributed by atoms with E-state index in [1.54, 1.807) is 42.5 Å². The number of piperidine rings is 1. The molecule has 0 radical (unpaired) electrons. The van der Waals surface area contributed by atoms with E-state index in [-0.39, 0.29) is 29.2 Å². The molecule has 20 heteroatoms. The van der Waals surface area contributed by atoms with Crippen molar-refractivity contribution in [2.24, 2.45) is 12.5 Å². The lowest BCUT2D eigenvalue weighted by molar-refractivity contribution is -0.139. The number of sulfone groups is 1. The summed E-state index contributed by atoms with van der Waals surface area (Å²) in [6.45, 7) is 16.4. The number of nitrogens with one attached hydrogen (secondary N) is 2. The number of hydrogen-bond donors (Lipinski definition) is 3. The molecule has 3 N–H and O–H groups in total. The number of carbonyl (C=O) groups excluding carboxylic acids is 2. The molecule has 0 saturated carbocycles. The fourth-order valence-corrected chi connectivity index (χ4v) is 12.2. The Hall–Kier alpha value is -6.51. The number of halogens is 3. The van der Waals surface area contributed by atoms with Crippen molar-refractivity contribution in [1.82, 2.24) is 24.0 Å². The topological polar surface area (TPSA) is 178 Å². The van der Waals surface area contributed by atoms with Gasteiger partial charge >= 0.3 is 6.18 Å². The van der Waals surface area contributed by atoms with E-state index in [4.69, 9.17) is 4.98 Å². The molecule has 9 rings (SSSR count). The predicted octanol–water partition coefficient (Wildman–Crippen LogP) is 7.17. The van der Waals surface area contributed by atoms with E-state index in [0.29, 0.717) is 104 Å². The first kappa shape index (κ1) is 50.4. The number of alkyl halides is 3. The summed E-state index contributed by atoms with van der Waals surface area (Å²) < 4.78 is 71.7. The number of aromatic nitrogens is 4. The van der Waals surface area contributed by atoms with Crippen LogP contribution in [0.5, 0.6) is 0 Å². The minimum Gasteiger partial charge on any atom is -0.392 e. The molecular weight excluding hydrogens is 950 g/mol. The zero-order valence-electron chi connectivity index (χ0n) is 41.4. The van der Waals surface area contributed by atoms with Gasteiger partial charge in [0.2, 0.25) is 5.91 Å². The highest BCUT2D eigenvalue weighted by Crippen LogP contribution is 2.42. The number of benzene rings is 2. The number of hydrogen-bond acceptors (Lipinski definition) is 12. The lowest BCUT2D eigenvalue weighted by atomic mass is 9.90. The Kier molecular flexibility index (Phi) is 13.4. The van der Waals surface area contributed by atoms with Crippen LogP contribution in [-0.2, 0) is 53.8 Å². The third-order valence-electron chi connectivity index (χ3n) is 14.6. The van der Waals surface area contributed by atoms with Crippen LogP contribution in [0.4, 0.5) is 47.6 Å². The smallest absolute Gasteiger partial charge is 0.392 e. The molecule has 16 nitrogen and oxygen atoms in total. The summed E-state index contributed by atoms with van der Waals surface area (Å²) in [5.74, 6) is -0.317. The number of amides is 2. The molecule has 1 atom stereocenters. The molecule has 3 aromatic heterocycles. The van der Waals surface area contributed by atoms with Gasteiger partial charge in [-0.25, -0.2) is 18.4 Å². The molecule has 5 aromatic rings. The van der Waals surface area contributed by atoms with Gasteiger partial charge in [0.1, 0.15) is 11.5 Å². The Bertz CT molecular complexity index is 3140. The van der Waals surface area contributed by atoms with E-state index >= 15 is 0 Å². The van der Waals surface area contributed by atoms with Crippen LogP contribution in [0.25, 0.3) is 11.3 Å². The SMILES string of the molecule is C=CC(=O)Nc1cc(Nc2nc(-c3ccnc(N4CCn5c(cc6c5CC(C)(C)C6)C4=O)c3CO)cn(C)c2=O)ccc1N1CCN(C2CCN(c3ccc(S(=O)(=O)C(C)C)c(C(F)(F)F)c3)CC2)CC1C. The van der Waals surface area contributed by atoms with Crippen molar-refractivity contribution in [3.05, 3.63) is 112 Å². The Balaban J connectivity index is 0.904. The first-order valence-corrected chi connectivity index (χ1v) is 25.9. The van der Waals surface area contributed by atoms with Gasteiger partial charge in [-0.05, 0) is 112 Å². The number of carbonyl (C=O) groups is 2. The average molecular weight is 1010 g/mol. The van der Waals surface area contributed by atoms with Crippen LogP contribution >= 0.6 is 0 Å². The first-order chi connectivity index (χ1) is 34.1. The second-order valence-electron chi connectivity index (χ2n) is 20.4. The van der Waals surface area contributed by atoms with Crippen molar-refractivity contribution in [3.8, 4) is 11.3 Å². The molecule has 2 fully saturated rings. The summed E-state index contributed by atoms with van der Waals surface area (Å²) >= 11 is 0. The molecule has 3 aliphatic heterocycles. The molecule has 2 saturated heterocycles. The zero-order valence-corrected chi connectivity index (χ0v) is 42.2. The quantitative estimate of drug-likeness (QED) is 0.108. The fourth-order valence-electron chi connectivity index (χ4n) is 10.9. The average Bonchev–Trinajstić information content (AvgIpc) is 3.84. The van der Waals surface area contributed by atoms with Crippen LogP contribution in [0.3, 0.4) is 0 Å². The molecule has 4 aliphatic rings. The van der Waals surface area contributed by atoms with Crippen molar-refractivity contribution in [3.63, 3.8) is 0 Å². The number of fused-ring (bicyclic) bond motifs is 3. The highest BCUT2D eigenvalue weighted by atomic mass is 32.2. The van der Waals surface area contributed by atoms with Crippen LogP contribution in [0, 0.1) is 5.41 Å². The summed E-state index contributed by atoms with van der Waals surface area (Å²) in [5.41, 5.74) is 4.84. The zero-order chi connectivity index (χ0) is 51.6. The van der Waals surface area contributed by atoms with Gasteiger partial charge in [-0.1, -0.05) is 20.4 Å². The van der Waals surface area contributed by atoms with Gasteiger partial charge < -0.3 is 34.7 Å². The number of pyridine rings is 1. The van der Waals surface area contributed by atoms with Gasteiger partial charge in [0.25, 0.3) is 11.5 Å². The Morgan fingerprint density at radius 1 is 1.00 bits per heavy atom. The normalized spacial score (nSPS) is 18.6. The third-order valence-corrected chi connectivity index (χ3v) is 16.8. The molecule has 0 spiro atoms. The second kappa shape index (κ2) is 19.2. The standard InChI is InChI=1S/C52H61F3N10O6S/c1-8-46(67)58-40-24-34(9-11-42(40)63-20-19-62(28-32(63)4)35-14-17-61(18-15-35)36-10-12-45(72(70,71)31(2)3)39(25-36)52(53,54)55)57-47-50(69)60(7)29-41(59-47)37-13-16-56-48(38(37)30-66)65-22-21-64-43(49(65)68)23-33-26-51(5,6)27-44(33)64/h8-13,16,23-25,29,31-32,35,66H,1,14-15,17-22,26-28,30H2,2-7H3,(H,57,59)(H,58,67). The monoisotopic (exact) mass is 1010 g/mol. The van der Waals surface area contributed by atoms with Crippen molar-refractivity contribution in [2.45, 2.75) is 102 Å². The van der Waals surface area contributed by atoms with Gasteiger partial charge in [-0.3, -0.25) is 24.2 Å². The highest BCUT2D eigenvalue weighted by molar-refractivity contribution is 7.92. The van der Waals surface area contributed by atoms with Crippen molar-refractivity contribution in [1.29, 1.82) is 0 Å². The van der Waals surface area contributed by atoms with Crippen molar-refractivity contribution in [2.75, 3.05) is 64.6 Å². The second-order valence-corrected chi connectivity index (χ2v) is 22.9. The molecular formula is C52H61F3N10O6S. The number of aliphatic hydroxyl groups is 1. The predicted molar refractivity (Wildman–Crippen MR) is 272 cm³/mol. The van der Waals surface area contributed by atoms with Gasteiger partial charge in [0.15, 0.2) is 15.7 Å². The van der Waals surface area contributed by atoms with Gasteiger partial charge in [0.05, 0.1) is 39.4 Å². The summed E-state index contributed by atoms with van der Waals surface area (Å²) in [4.78, 5) is 57.3. The molecule has 2 amide bonds.